The molecule has 0 bridgehead atoms. The summed E-state index contributed by atoms with van der Waals surface area (Å²) in [6, 6.07) is 11.9. The minimum absolute atomic E-state index is 0.0409. The molecule has 0 saturated heterocycles. The Balaban J connectivity index is 2.43. The molecule has 1 N–H and O–H groups in total. The lowest BCUT2D eigenvalue weighted by Gasteiger charge is -2.15. The second kappa shape index (κ2) is 7.11. The van der Waals surface area contributed by atoms with Gasteiger partial charge in [0.1, 0.15) is 5.75 Å². The zero-order valence-corrected chi connectivity index (χ0v) is 14.8. The zero-order chi connectivity index (χ0) is 18.0. The van der Waals surface area contributed by atoms with Crippen LogP contribution in [0, 0.1) is 6.92 Å². The second-order valence-corrected chi connectivity index (χ2v) is 6.05. The molecule has 0 heterocycles. The summed E-state index contributed by atoms with van der Waals surface area (Å²) in [7, 11) is 1.39. The SMILES string of the molecule is CCOc1cc2c(C(=O)OC)cc3ccc(C)cc3c2cc1CCO. The molecule has 4 heteroatoms. The number of esters is 1. The van der Waals surface area contributed by atoms with Gasteiger partial charge in [0.15, 0.2) is 0 Å². The molecule has 3 aromatic carbocycles. The Morgan fingerprint density at radius 2 is 1.88 bits per heavy atom. The molecule has 3 aromatic rings. The standard InChI is InChI=1S/C21H22O4/c1-4-25-20-12-18-17(11-15(20)7-8-22)16-9-13(2)5-6-14(16)10-19(18)21(23)24-3/h5-6,9-12,22H,4,7-8H2,1-3H3. The Labute approximate surface area is 147 Å². The van der Waals surface area contributed by atoms with Crippen molar-refractivity contribution in [2.24, 2.45) is 0 Å². The number of carbonyl (C=O) groups excluding carboxylic acids is 1. The van der Waals surface area contributed by atoms with Gasteiger partial charge in [-0.05, 0) is 60.2 Å². The highest BCUT2D eigenvalue weighted by molar-refractivity contribution is 6.16. The third kappa shape index (κ3) is 3.17. The minimum Gasteiger partial charge on any atom is -0.494 e. The first-order chi connectivity index (χ1) is 12.1. The predicted octanol–water partition coefficient (Wildman–Crippen LogP) is 4.02. The molecule has 0 spiro atoms. The summed E-state index contributed by atoms with van der Waals surface area (Å²) >= 11 is 0. The topological polar surface area (TPSA) is 55.8 Å². The lowest BCUT2D eigenvalue weighted by atomic mass is 9.93. The summed E-state index contributed by atoms with van der Waals surface area (Å²) in [6.45, 7) is 4.52. The lowest BCUT2D eigenvalue weighted by molar-refractivity contribution is 0.0603. The molecule has 0 atom stereocenters. The molecule has 0 aliphatic carbocycles. The molecule has 0 amide bonds. The van der Waals surface area contributed by atoms with Gasteiger partial charge < -0.3 is 14.6 Å². The van der Waals surface area contributed by atoms with Crippen LogP contribution < -0.4 is 4.74 Å². The quantitative estimate of drug-likeness (QED) is 0.564. The van der Waals surface area contributed by atoms with Crippen LogP contribution in [0.5, 0.6) is 5.75 Å². The van der Waals surface area contributed by atoms with E-state index in [9.17, 15) is 9.90 Å². The highest BCUT2D eigenvalue weighted by Crippen LogP contribution is 2.35. The van der Waals surface area contributed by atoms with Crippen LogP contribution in [0.1, 0.15) is 28.4 Å². The lowest BCUT2D eigenvalue weighted by Crippen LogP contribution is -2.04. The van der Waals surface area contributed by atoms with E-state index < -0.39 is 0 Å². The molecular weight excluding hydrogens is 316 g/mol. The van der Waals surface area contributed by atoms with Gasteiger partial charge in [-0.1, -0.05) is 23.8 Å². The molecule has 0 aliphatic rings. The number of methoxy groups -OCH3 is 1. The number of aryl methyl sites for hydroxylation is 1. The van der Waals surface area contributed by atoms with Gasteiger partial charge >= 0.3 is 5.97 Å². The second-order valence-electron chi connectivity index (χ2n) is 6.05. The number of hydrogen-bond acceptors (Lipinski definition) is 4. The highest BCUT2D eigenvalue weighted by atomic mass is 16.5. The predicted molar refractivity (Wildman–Crippen MR) is 99.5 cm³/mol. The smallest absolute Gasteiger partial charge is 0.338 e. The van der Waals surface area contributed by atoms with E-state index in [-0.39, 0.29) is 12.6 Å². The van der Waals surface area contributed by atoms with E-state index in [0.717, 1.165) is 32.7 Å². The number of ether oxygens (including phenoxy) is 2. The van der Waals surface area contributed by atoms with Crippen molar-refractivity contribution in [1.29, 1.82) is 0 Å². The van der Waals surface area contributed by atoms with E-state index in [4.69, 9.17) is 9.47 Å². The van der Waals surface area contributed by atoms with Crippen molar-refractivity contribution < 1.29 is 19.4 Å². The maximum absolute atomic E-state index is 12.3. The van der Waals surface area contributed by atoms with Gasteiger partial charge in [-0.2, -0.15) is 0 Å². The van der Waals surface area contributed by atoms with Gasteiger partial charge in [0.05, 0.1) is 19.3 Å². The number of hydrogen-bond donors (Lipinski definition) is 1. The Kier molecular flexibility index (Phi) is 4.91. The first kappa shape index (κ1) is 17.2. The molecule has 0 unspecified atom stereocenters. The molecule has 0 radical (unpaired) electrons. The van der Waals surface area contributed by atoms with Crippen LogP contribution in [0.2, 0.25) is 0 Å². The molecule has 25 heavy (non-hydrogen) atoms. The summed E-state index contributed by atoms with van der Waals surface area (Å²) in [6.07, 6.45) is 0.501. The number of aliphatic hydroxyl groups is 1. The van der Waals surface area contributed by atoms with Gasteiger partial charge in [0.25, 0.3) is 0 Å². The molecule has 0 aliphatic heterocycles. The fraction of sp³-hybridized carbons (Fsp3) is 0.286. The molecular formula is C21H22O4. The number of benzene rings is 3. The average molecular weight is 338 g/mol. The molecule has 0 aromatic heterocycles. The number of aliphatic hydroxyl groups excluding tert-OH is 1. The van der Waals surface area contributed by atoms with Crippen LogP contribution >= 0.6 is 0 Å². The molecule has 130 valence electrons. The average Bonchev–Trinajstić information content (AvgIpc) is 2.61. The van der Waals surface area contributed by atoms with Crippen LogP contribution in [-0.2, 0) is 11.2 Å². The van der Waals surface area contributed by atoms with Crippen molar-refractivity contribution >= 4 is 27.5 Å². The molecule has 0 fully saturated rings. The van der Waals surface area contributed by atoms with E-state index in [1.54, 1.807) is 0 Å². The number of rotatable bonds is 5. The maximum Gasteiger partial charge on any atom is 0.338 e. The van der Waals surface area contributed by atoms with Gasteiger partial charge in [0.2, 0.25) is 0 Å². The van der Waals surface area contributed by atoms with E-state index >= 15 is 0 Å². The summed E-state index contributed by atoms with van der Waals surface area (Å²) in [4.78, 5) is 12.3. The van der Waals surface area contributed by atoms with E-state index in [1.165, 1.54) is 7.11 Å². The van der Waals surface area contributed by atoms with E-state index in [0.29, 0.717) is 24.3 Å². The molecule has 4 nitrogen and oxygen atoms in total. The van der Waals surface area contributed by atoms with Crippen molar-refractivity contribution in [2.45, 2.75) is 20.3 Å². The minimum atomic E-state index is -0.371. The summed E-state index contributed by atoms with van der Waals surface area (Å²) in [5.41, 5.74) is 2.60. The van der Waals surface area contributed by atoms with Crippen LogP contribution in [0.15, 0.2) is 36.4 Å². The highest BCUT2D eigenvalue weighted by Gasteiger charge is 2.17. The van der Waals surface area contributed by atoms with E-state index in [1.807, 2.05) is 44.2 Å². The van der Waals surface area contributed by atoms with Crippen LogP contribution in [0.3, 0.4) is 0 Å². The van der Waals surface area contributed by atoms with Crippen molar-refractivity contribution in [2.75, 3.05) is 20.3 Å². The monoisotopic (exact) mass is 338 g/mol. The maximum atomic E-state index is 12.3. The van der Waals surface area contributed by atoms with E-state index in [2.05, 4.69) is 6.07 Å². The van der Waals surface area contributed by atoms with Gasteiger partial charge in [-0.15, -0.1) is 0 Å². The van der Waals surface area contributed by atoms with Crippen molar-refractivity contribution in [3.63, 3.8) is 0 Å². The number of carbonyl (C=O) groups is 1. The normalized spacial score (nSPS) is 11.0. The van der Waals surface area contributed by atoms with Crippen LogP contribution in [0.25, 0.3) is 21.5 Å². The Hall–Kier alpha value is -2.59. The first-order valence-electron chi connectivity index (χ1n) is 8.41. The summed E-state index contributed by atoms with van der Waals surface area (Å²) < 4.78 is 10.7. The number of fused-ring (bicyclic) bond motifs is 3. The Morgan fingerprint density at radius 1 is 1.08 bits per heavy atom. The Morgan fingerprint density at radius 3 is 2.56 bits per heavy atom. The van der Waals surface area contributed by atoms with Gasteiger partial charge in [-0.3, -0.25) is 0 Å². The largest absolute Gasteiger partial charge is 0.494 e. The summed E-state index contributed by atoms with van der Waals surface area (Å²) in [5, 5.41) is 13.2. The van der Waals surface area contributed by atoms with Crippen LogP contribution in [-0.4, -0.2) is 31.4 Å². The van der Waals surface area contributed by atoms with Gasteiger partial charge in [-0.25, -0.2) is 4.79 Å². The fourth-order valence-corrected chi connectivity index (χ4v) is 3.22. The third-order valence-corrected chi connectivity index (χ3v) is 4.38. The van der Waals surface area contributed by atoms with Crippen molar-refractivity contribution in [3.8, 4) is 5.75 Å². The van der Waals surface area contributed by atoms with Crippen LogP contribution in [0.4, 0.5) is 0 Å². The third-order valence-electron chi connectivity index (χ3n) is 4.38. The fourth-order valence-electron chi connectivity index (χ4n) is 3.22. The van der Waals surface area contributed by atoms with Crippen molar-refractivity contribution in [1.82, 2.24) is 0 Å². The zero-order valence-electron chi connectivity index (χ0n) is 14.8. The first-order valence-corrected chi connectivity index (χ1v) is 8.41. The van der Waals surface area contributed by atoms with Gasteiger partial charge in [0, 0.05) is 12.0 Å². The molecule has 0 saturated carbocycles. The van der Waals surface area contributed by atoms with Crippen molar-refractivity contribution in [3.05, 3.63) is 53.1 Å². The Bertz CT molecular complexity index is 944. The molecule has 3 rings (SSSR count). The summed E-state index contributed by atoms with van der Waals surface area (Å²) in [5.74, 6) is 0.325.